The van der Waals surface area contributed by atoms with Crippen molar-refractivity contribution in [3.63, 3.8) is 0 Å². The molecule has 174 valence electrons. The lowest BCUT2D eigenvalue weighted by Crippen LogP contribution is -2.40. The third-order valence-electron chi connectivity index (χ3n) is 6.08. The van der Waals surface area contributed by atoms with Gasteiger partial charge in [-0.1, -0.05) is 0 Å². The van der Waals surface area contributed by atoms with Gasteiger partial charge in [0.2, 0.25) is 12.5 Å². The lowest BCUT2D eigenvalue weighted by atomic mass is 9.84. The molecule has 2 atom stereocenters. The Bertz CT molecular complexity index is 958. The second-order valence-electron chi connectivity index (χ2n) is 7.94. The van der Waals surface area contributed by atoms with E-state index in [-0.39, 0.29) is 24.7 Å². The van der Waals surface area contributed by atoms with E-state index in [2.05, 4.69) is 4.90 Å². The van der Waals surface area contributed by atoms with Gasteiger partial charge in [0, 0.05) is 30.2 Å². The minimum Gasteiger partial charge on any atom is -0.501 e. The number of carbonyl (C=O) groups is 1. The summed E-state index contributed by atoms with van der Waals surface area (Å²) in [7, 11) is 5.18. The van der Waals surface area contributed by atoms with Gasteiger partial charge < -0.3 is 28.4 Å². The number of hydrogen-bond donors (Lipinski definition) is 0. The Hall–Kier alpha value is -2.58. The Kier molecular flexibility index (Phi) is 6.71. The molecule has 32 heavy (non-hydrogen) atoms. The van der Waals surface area contributed by atoms with Gasteiger partial charge in [0.25, 0.3) is 0 Å². The highest BCUT2D eigenvalue weighted by atomic mass is 35.5. The summed E-state index contributed by atoms with van der Waals surface area (Å²) in [6.07, 6.45) is 3.95. The van der Waals surface area contributed by atoms with Crippen molar-refractivity contribution in [2.24, 2.45) is 0 Å². The van der Waals surface area contributed by atoms with Crippen LogP contribution in [0.15, 0.2) is 23.7 Å². The number of fused-ring (bicyclic) bond motifs is 2. The fourth-order valence-corrected chi connectivity index (χ4v) is 4.85. The Morgan fingerprint density at radius 3 is 2.75 bits per heavy atom. The molecule has 0 N–H and O–H groups in total. The van der Waals surface area contributed by atoms with Gasteiger partial charge in [0.15, 0.2) is 11.5 Å². The average molecular weight is 466 g/mol. The maximum Gasteiger partial charge on any atom is 0.331 e. The fraction of sp³-hybridized carbons (Fsp3) is 0.522. The first-order chi connectivity index (χ1) is 15.5. The second-order valence-corrected chi connectivity index (χ2v) is 8.21. The van der Waals surface area contributed by atoms with Gasteiger partial charge in [-0.2, -0.15) is 0 Å². The summed E-state index contributed by atoms with van der Waals surface area (Å²) in [5, 5.41) is 0. The van der Waals surface area contributed by atoms with Crippen LogP contribution in [0.1, 0.15) is 36.1 Å². The topological polar surface area (TPSA) is 75.7 Å². The van der Waals surface area contributed by atoms with Crippen molar-refractivity contribution in [2.45, 2.75) is 37.8 Å². The average Bonchev–Trinajstić information content (AvgIpc) is 3.38. The van der Waals surface area contributed by atoms with Crippen molar-refractivity contribution in [3.8, 4) is 17.2 Å². The number of nitrogens with zero attached hydrogens (tertiary/aromatic N) is 1. The molecule has 3 aliphatic heterocycles. The molecule has 0 saturated carbocycles. The molecule has 2 unspecified atom stereocenters. The molecule has 0 radical (unpaired) electrons. The van der Waals surface area contributed by atoms with E-state index in [4.69, 9.17) is 40.0 Å². The molecule has 0 saturated heterocycles. The van der Waals surface area contributed by atoms with Crippen molar-refractivity contribution in [1.82, 2.24) is 4.90 Å². The van der Waals surface area contributed by atoms with Gasteiger partial charge >= 0.3 is 5.97 Å². The summed E-state index contributed by atoms with van der Waals surface area (Å²) in [4.78, 5) is 14.2. The molecule has 3 heterocycles. The predicted octanol–water partition coefficient (Wildman–Crippen LogP) is 3.46. The van der Waals surface area contributed by atoms with Crippen LogP contribution in [0.3, 0.4) is 0 Å². The van der Waals surface area contributed by atoms with Crippen molar-refractivity contribution in [1.29, 1.82) is 0 Å². The van der Waals surface area contributed by atoms with Crippen molar-refractivity contribution >= 4 is 17.6 Å². The smallest absolute Gasteiger partial charge is 0.331 e. The summed E-state index contributed by atoms with van der Waals surface area (Å²) in [5.41, 5.74) is 3.78. The van der Waals surface area contributed by atoms with Crippen LogP contribution >= 0.6 is 11.6 Å². The summed E-state index contributed by atoms with van der Waals surface area (Å²) >= 11 is 6.37. The zero-order chi connectivity index (χ0) is 22.8. The summed E-state index contributed by atoms with van der Waals surface area (Å²) in [6, 6.07) is -0.232. The fourth-order valence-electron chi connectivity index (χ4n) is 4.57. The normalized spacial score (nSPS) is 22.3. The third-order valence-corrected chi connectivity index (χ3v) is 6.34. The van der Waals surface area contributed by atoms with Crippen LogP contribution < -0.4 is 14.2 Å². The molecule has 4 rings (SSSR count). The number of carbonyl (C=O) groups excluding carboxylic acids is 1. The summed E-state index contributed by atoms with van der Waals surface area (Å²) < 4.78 is 34.0. The van der Waals surface area contributed by atoms with Crippen LogP contribution in [0, 0.1) is 0 Å². The number of alkyl halides is 1. The van der Waals surface area contributed by atoms with Gasteiger partial charge in [0.05, 0.1) is 32.7 Å². The largest absolute Gasteiger partial charge is 0.501 e. The van der Waals surface area contributed by atoms with E-state index < -0.39 is 6.10 Å². The molecule has 8 nitrogen and oxygen atoms in total. The molecule has 0 fully saturated rings. The quantitative estimate of drug-likeness (QED) is 0.328. The minimum atomic E-state index is -0.416. The van der Waals surface area contributed by atoms with Crippen LogP contribution in [0.2, 0.25) is 0 Å². The number of benzene rings is 1. The van der Waals surface area contributed by atoms with E-state index in [1.54, 1.807) is 26.6 Å². The highest BCUT2D eigenvalue weighted by Crippen LogP contribution is 2.54. The number of rotatable bonds is 8. The first-order valence-corrected chi connectivity index (χ1v) is 11.0. The summed E-state index contributed by atoms with van der Waals surface area (Å²) in [6.45, 7) is 3.13. The molecule has 3 aliphatic rings. The standard InChI is InChI=1S/C23H28ClNO7/c1-13-9-17(26)32-20(13)19-18-15(5-7-25(19)2)16(10-24)21-23(31-12-30-21)22(18)29-8-6-14(28-4)11-27-3/h9,11,19-20H,5-8,10,12H2,1-4H3/b14-11-. The van der Waals surface area contributed by atoms with E-state index in [0.29, 0.717) is 36.0 Å². The zero-order valence-corrected chi connectivity index (χ0v) is 19.5. The molecule has 0 bridgehead atoms. The number of hydrogen-bond acceptors (Lipinski definition) is 8. The Labute approximate surface area is 192 Å². The van der Waals surface area contributed by atoms with Gasteiger partial charge in [-0.15, -0.1) is 11.6 Å². The molecular weight excluding hydrogens is 438 g/mol. The van der Waals surface area contributed by atoms with E-state index in [1.165, 1.54) is 0 Å². The van der Waals surface area contributed by atoms with Crippen LogP contribution in [0.25, 0.3) is 0 Å². The minimum absolute atomic E-state index is 0.100. The Morgan fingerprint density at radius 1 is 1.31 bits per heavy atom. The number of esters is 1. The molecule has 0 aromatic heterocycles. The first kappa shape index (κ1) is 22.6. The van der Waals surface area contributed by atoms with Crippen LogP contribution in [0.5, 0.6) is 17.2 Å². The second kappa shape index (κ2) is 9.50. The van der Waals surface area contributed by atoms with Gasteiger partial charge in [-0.3, -0.25) is 4.90 Å². The van der Waals surface area contributed by atoms with Crippen LogP contribution in [0.4, 0.5) is 0 Å². The molecule has 1 aromatic rings. The first-order valence-electron chi connectivity index (χ1n) is 10.5. The number of halogens is 1. The molecular formula is C23H28ClNO7. The lowest BCUT2D eigenvalue weighted by Gasteiger charge is -2.39. The third kappa shape index (κ3) is 3.97. The predicted molar refractivity (Wildman–Crippen MR) is 117 cm³/mol. The van der Waals surface area contributed by atoms with E-state index >= 15 is 0 Å². The number of ether oxygens (including phenoxy) is 6. The zero-order valence-electron chi connectivity index (χ0n) is 18.7. The lowest BCUT2D eigenvalue weighted by molar-refractivity contribution is -0.141. The van der Waals surface area contributed by atoms with Crippen molar-refractivity contribution < 1.29 is 33.2 Å². The van der Waals surface area contributed by atoms with Crippen LogP contribution in [-0.4, -0.2) is 58.2 Å². The van der Waals surface area contributed by atoms with E-state index in [1.807, 2.05) is 14.0 Å². The molecule has 1 aromatic carbocycles. The summed E-state index contributed by atoms with van der Waals surface area (Å²) in [5.74, 6) is 2.39. The van der Waals surface area contributed by atoms with Crippen molar-refractivity contribution in [3.05, 3.63) is 40.4 Å². The highest BCUT2D eigenvalue weighted by molar-refractivity contribution is 6.17. The monoisotopic (exact) mass is 465 g/mol. The van der Waals surface area contributed by atoms with Gasteiger partial charge in [0.1, 0.15) is 18.1 Å². The number of cyclic esters (lactones) is 1. The SMILES string of the molecule is CO/C=C(/CCOc1c2c(c(CCl)c3c1C(C1OC(=O)C=C1C)N(C)CC3)OCO2)OC. The Balaban J connectivity index is 1.79. The Morgan fingerprint density at radius 2 is 2.09 bits per heavy atom. The highest BCUT2D eigenvalue weighted by Gasteiger charge is 2.43. The number of methoxy groups -OCH3 is 2. The van der Waals surface area contributed by atoms with Gasteiger partial charge in [-0.25, -0.2) is 4.79 Å². The molecule has 0 aliphatic carbocycles. The van der Waals surface area contributed by atoms with E-state index in [9.17, 15) is 4.79 Å². The maximum atomic E-state index is 12.0. The molecule has 0 amide bonds. The molecule has 0 spiro atoms. The molecule has 9 heteroatoms. The van der Waals surface area contributed by atoms with Gasteiger partial charge in [-0.05, 0) is 31.5 Å². The van der Waals surface area contributed by atoms with E-state index in [0.717, 1.165) is 35.2 Å². The van der Waals surface area contributed by atoms with Crippen molar-refractivity contribution in [2.75, 3.05) is 41.2 Å². The number of likely N-dealkylation sites (N-methyl/N-ethyl adjacent to an activating group) is 1. The van der Waals surface area contributed by atoms with Crippen LogP contribution in [-0.2, 0) is 31.3 Å². The maximum absolute atomic E-state index is 12.0.